The summed E-state index contributed by atoms with van der Waals surface area (Å²) in [6.45, 7) is 3.11. The van der Waals surface area contributed by atoms with Gasteiger partial charge in [0.1, 0.15) is 22.8 Å². The first-order valence-electron chi connectivity index (χ1n) is 13.1. The number of methoxy groups -OCH3 is 1. The number of nitrogens with one attached hydrogen (secondary N) is 1. The maximum absolute atomic E-state index is 13.4. The Morgan fingerprint density at radius 2 is 1.56 bits per heavy atom. The molecule has 1 aliphatic heterocycles. The van der Waals surface area contributed by atoms with E-state index in [0.717, 1.165) is 11.0 Å². The molecule has 4 rings (SSSR count). The van der Waals surface area contributed by atoms with E-state index in [1.54, 1.807) is 50.2 Å². The molecule has 3 aromatic carbocycles. The molecular weight excluding hydrogens is 582 g/mol. The minimum Gasteiger partial charge on any atom is -0.497 e. The topological polar surface area (TPSA) is 88.1 Å². The largest absolute Gasteiger partial charge is 0.497 e. The summed E-state index contributed by atoms with van der Waals surface area (Å²) in [6, 6.07) is 14.3. The van der Waals surface area contributed by atoms with Gasteiger partial charge in [0.25, 0.3) is 11.5 Å². The number of aliphatic hydroxyl groups is 1. The standard InChI is InChI=1S/C30H28F6N2O5/c1-4-6-19-16-21(28(41,29(31,32)33)30(34,35)36)11-14-24(19)43-23-8-5-7-18(15-23)17-38-25(39)27(2,37-26(38)40)20-9-12-22(42-3)13-10-20/h5,7-16,41H,4,6,17H2,1-3H3,(H,37,40). The Morgan fingerprint density at radius 1 is 0.907 bits per heavy atom. The summed E-state index contributed by atoms with van der Waals surface area (Å²) in [4.78, 5) is 27.2. The molecule has 230 valence electrons. The molecule has 1 saturated heterocycles. The molecule has 0 bridgehead atoms. The highest BCUT2D eigenvalue weighted by Gasteiger charge is 2.71. The van der Waals surface area contributed by atoms with Crippen LogP contribution >= 0.6 is 0 Å². The van der Waals surface area contributed by atoms with E-state index in [1.807, 2.05) is 0 Å². The molecule has 1 fully saturated rings. The fraction of sp³-hybridized carbons (Fsp3) is 0.333. The predicted octanol–water partition coefficient (Wildman–Crippen LogP) is 6.72. The van der Waals surface area contributed by atoms with Gasteiger partial charge in [0.05, 0.1) is 13.7 Å². The number of hydrogen-bond donors (Lipinski definition) is 2. The van der Waals surface area contributed by atoms with Crippen molar-refractivity contribution in [1.29, 1.82) is 0 Å². The molecule has 0 spiro atoms. The summed E-state index contributed by atoms with van der Waals surface area (Å²) in [5.41, 5.74) is -6.75. The number of carbonyl (C=O) groups excluding carboxylic acids is 2. The van der Waals surface area contributed by atoms with Crippen molar-refractivity contribution in [3.8, 4) is 17.2 Å². The lowest BCUT2D eigenvalue weighted by Gasteiger charge is -2.33. The van der Waals surface area contributed by atoms with Crippen molar-refractivity contribution in [3.63, 3.8) is 0 Å². The van der Waals surface area contributed by atoms with Gasteiger partial charge >= 0.3 is 18.4 Å². The van der Waals surface area contributed by atoms with E-state index in [2.05, 4.69) is 5.32 Å². The number of ether oxygens (including phenoxy) is 2. The van der Waals surface area contributed by atoms with Crippen molar-refractivity contribution >= 4 is 11.9 Å². The average molecular weight is 611 g/mol. The minimum absolute atomic E-state index is 0.0154. The first kappa shape index (κ1) is 31.7. The molecule has 1 atom stereocenters. The number of urea groups is 1. The molecule has 3 amide bonds. The summed E-state index contributed by atoms with van der Waals surface area (Å²) in [5.74, 6) is 0.216. The second-order valence-electron chi connectivity index (χ2n) is 10.2. The van der Waals surface area contributed by atoms with Gasteiger partial charge in [-0.25, -0.2) is 4.79 Å². The number of carbonyl (C=O) groups is 2. The Labute approximate surface area is 243 Å². The van der Waals surface area contributed by atoms with Crippen LogP contribution in [0.1, 0.15) is 42.5 Å². The van der Waals surface area contributed by atoms with Crippen molar-refractivity contribution in [1.82, 2.24) is 10.2 Å². The van der Waals surface area contributed by atoms with Gasteiger partial charge < -0.3 is 19.9 Å². The molecule has 3 aromatic rings. The van der Waals surface area contributed by atoms with Crippen LogP contribution in [0.4, 0.5) is 31.1 Å². The van der Waals surface area contributed by atoms with E-state index < -0.39 is 41.0 Å². The Kier molecular flexibility index (Phi) is 8.42. The highest BCUT2D eigenvalue weighted by atomic mass is 19.4. The molecule has 1 unspecified atom stereocenters. The third kappa shape index (κ3) is 5.85. The Hall–Kier alpha value is -4.26. The first-order chi connectivity index (χ1) is 20.0. The van der Waals surface area contributed by atoms with Gasteiger partial charge in [-0.2, -0.15) is 26.3 Å². The van der Waals surface area contributed by atoms with Crippen LogP contribution in [-0.4, -0.2) is 41.4 Å². The minimum atomic E-state index is -6.02. The first-order valence-corrected chi connectivity index (χ1v) is 13.1. The molecule has 13 heteroatoms. The molecule has 0 radical (unpaired) electrons. The lowest BCUT2D eigenvalue weighted by Crippen LogP contribution is -2.53. The summed E-state index contributed by atoms with van der Waals surface area (Å²) in [7, 11) is 1.50. The monoisotopic (exact) mass is 610 g/mol. The van der Waals surface area contributed by atoms with Crippen LogP contribution in [0.2, 0.25) is 0 Å². The zero-order chi connectivity index (χ0) is 31.8. The highest BCUT2D eigenvalue weighted by Crippen LogP contribution is 2.50. The van der Waals surface area contributed by atoms with Gasteiger partial charge in [-0.15, -0.1) is 0 Å². The zero-order valence-electron chi connectivity index (χ0n) is 23.3. The van der Waals surface area contributed by atoms with Gasteiger partial charge in [-0.1, -0.05) is 43.7 Å². The fourth-order valence-corrected chi connectivity index (χ4v) is 4.83. The number of imide groups is 1. The van der Waals surface area contributed by atoms with Crippen molar-refractivity contribution in [3.05, 3.63) is 89.0 Å². The number of halogens is 6. The maximum atomic E-state index is 13.4. The SMILES string of the molecule is CCCc1cc(C(O)(C(F)(F)F)C(F)(F)F)ccc1Oc1cccc(CN2C(=O)NC(C)(c3ccc(OC)cc3)C2=O)c1. The lowest BCUT2D eigenvalue weighted by molar-refractivity contribution is -0.376. The second kappa shape index (κ2) is 11.4. The van der Waals surface area contributed by atoms with Crippen LogP contribution in [0.5, 0.6) is 17.2 Å². The summed E-state index contributed by atoms with van der Waals surface area (Å²) >= 11 is 0. The van der Waals surface area contributed by atoms with E-state index in [0.29, 0.717) is 35.4 Å². The molecule has 0 aromatic heterocycles. The van der Waals surface area contributed by atoms with Gasteiger partial charge in [-0.05, 0) is 66.4 Å². The predicted molar refractivity (Wildman–Crippen MR) is 142 cm³/mol. The van der Waals surface area contributed by atoms with E-state index >= 15 is 0 Å². The molecule has 43 heavy (non-hydrogen) atoms. The second-order valence-corrected chi connectivity index (χ2v) is 10.2. The van der Waals surface area contributed by atoms with Crippen molar-refractivity contribution in [2.75, 3.05) is 7.11 Å². The third-order valence-corrected chi connectivity index (χ3v) is 7.23. The van der Waals surface area contributed by atoms with E-state index in [9.17, 15) is 41.0 Å². The van der Waals surface area contributed by atoms with E-state index in [4.69, 9.17) is 9.47 Å². The van der Waals surface area contributed by atoms with Crippen molar-refractivity contribution in [2.24, 2.45) is 0 Å². The van der Waals surface area contributed by atoms with Crippen LogP contribution in [0.15, 0.2) is 66.7 Å². The van der Waals surface area contributed by atoms with Gasteiger partial charge in [0, 0.05) is 5.56 Å². The number of alkyl halides is 6. The third-order valence-electron chi connectivity index (χ3n) is 7.23. The lowest BCUT2D eigenvalue weighted by atomic mass is 9.90. The Bertz CT molecular complexity index is 1490. The average Bonchev–Trinajstić information content (AvgIpc) is 3.16. The highest BCUT2D eigenvalue weighted by molar-refractivity contribution is 6.07. The summed E-state index contributed by atoms with van der Waals surface area (Å²) in [6.07, 6.45) is -11.6. The van der Waals surface area contributed by atoms with Gasteiger partial charge in [0.15, 0.2) is 0 Å². The molecule has 2 N–H and O–H groups in total. The van der Waals surface area contributed by atoms with Crippen molar-refractivity contribution < 1.29 is 50.5 Å². The zero-order valence-corrected chi connectivity index (χ0v) is 23.3. The number of hydrogen-bond acceptors (Lipinski definition) is 5. The molecule has 0 saturated carbocycles. The van der Waals surface area contributed by atoms with Crippen LogP contribution in [0, 0.1) is 0 Å². The van der Waals surface area contributed by atoms with E-state index in [1.165, 1.54) is 19.2 Å². The molecule has 1 aliphatic rings. The molecule has 0 aliphatic carbocycles. The Morgan fingerprint density at radius 3 is 2.14 bits per heavy atom. The van der Waals surface area contributed by atoms with Crippen LogP contribution in [0.25, 0.3) is 0 Å². The van der Waals surface area contributed by atoms with E-state index in [-0.39, 0.29) is 30.0 Å². The number of amides is 3. The molecule has 1 heterocycles. The number of benzene rings is 3. The number of rotatable bonds is 9. The number of nitrogens with zero attached hydrogens (tertiary/aromatic N) is 1. The van der Waals surface area contributed by atoms with Crippen LogP contribution in [-0.2, 0) is 28.9 Å². The fourth-order valence-electron chi connectivity index (χ4n) is 4.83. The smallest absolute Gasteiger partial charge is 0.430 e. The summed E-state index contributed by atoms with van der Waals surface area (Å²) in [5, 5.41) is 12.5. The van der Waals surface area contributed by atoms with Crippen molar-refractivity contribution in [2.45, 2.75) is 56.7 Å². The van der Waals surface area contributed by atoms with Gasteiger partial charge in [-0.3, -0.25) is 9.69 Å². The normalized spacial score (nSPS) is 17.7. The van der Waals surface area contributed by atoms with Crippen LogP contribution in [0.3, 0.4) is 0 Å². The maximum Gasteiger partial charge on any atom is 0.430 e. The Balaban J connectivity index is 1.58. The number of aryl methyl sites for hydroxylation is 1. The molecular formula is C30H28F6N2O5. The summed E-state index contributed by atoms with van der Waals surface area (Å²) < 4.78 is 91.6. The molecule has 7 nitrogen and oxygen atoms in total. The van der Waals surface area contributed by atoms with Gasteiger partial charge in [0.2, 0.25) is 0 Å². The quantitative estimate of drug-likeness (QED) is 0.208. The van der Waals surface area contributed by atoms with Crippen LogP contribution < -0.4 is 14.8 Å².